The lowest BCUT2D eigenvalue weighted by atomic mass is 9.77. The first-order valence-corrected chi connectivity index (χ1v) is 21.0. The summed E-state index contributed by atoms with van der Waals surface area (Å²) < 4.78 is 74.9. The number of rotatable bonds is 20. The molecule has 0 aromatic heterocycles. The molecule has 0 saturated heterocycles. The summed E-state index contributed by atoms with van der Waals surface area (Å²) >= 11 is 0. The molecule has 65 heavy (non-hydrogen) atoms. The highest BCUT2D eigenvalue weighted by atomic mass is 19.2. The van der Waals surface area contributed by atoms with Gasteiger partial charge < -0.3 is 45.7 Å². The molecule has 2 saturated carbocycles. The molecule has 356 valence electrons. The normalized spacial score (nSPS) is 19.0. The number of carboxylic acid groups (broad SMARTS) is 2. The van der Waals surface area contributed by atoms with Gasteiger partial charge in [-0.3, -0.25) is 28.8 Å². The Morgan fingerprint density at radius 2 is 1.42 bits per heavy atom. The molecule has 2 fully saturated rings. The van der Waals surface area contributed by atoms with Gasteiger partial charge in [-0.25, -0.2) is 27.2 Å². The van der Waals surface area contributed by atoms with E-state index in [1.54, 1.807) is 27.7 Å². The lowest BCUT2D eigenvalue weighted by Gasteiger charge is -2.33. The average Bonchev–Trinajstić information content (AvgIpc) is 3.68. The quantitative estimate of drug-likeness (QED) is 0.0469. The molecule has 0 radical (unpaired) electrons. The van der Waals surface area contributed by atoms with Crippen LogP contribution >= 0.6 is 0 Å². The summed E-state index contributed by atoms with van der Waals surface area (Å²) in [5.41, 5.74) is -4.24. The number of methoxy groups -OCH3 is 2. The second kappa shape index (κ2) is 22.2. The van der Waals surface area contributed by atoms with Gasteiger partial charge in [0.1, 0.15) is 5.56 Å². The number of benzene rings is 2. The van der Waals surface area contributed by atoms with E-state index in [1.165, 1.54) is 32.4 Å². The van der Waals surface area contributed by atoms with Crippen molar-refractivity contribution in [3.63, 3.8) is 0 Å². The first kappa shape index (κ1) is 51.5. The van der Waals surface area contributed by atoms with Crippen LogP contribution < -0.4 is 30.7 Å². The van der Waals surface area contributed by atoms with Crippen molar-refractivity contribution < 1.29 is 80.3 Å². The molecule has 3 unspecified atom stereocenters. The highest BCUT2D eigenvalue weighted by molar-refractivity contribution is 6.38. The number of halogens is 4. The van der Waals surface area contributed by atoms with Crippen LogP contribution in [0.3, 0.4) is 0 Å². The van der Waals surface area contributed by atoms with Gasteiger partial charge in [-0.15, -0.1) is 0 Å². The number of hydrogen-bond acceptors (Lipinski definition) is 11. The summed E-state index contributed by atoms with van der Waals surface area (Å²) in [6.45, 7) is 5.97. The number of amides is 4. The van der Waals surface area contributed by atoms with E-state index in [0.29, 0.717) is 25.7 Å². The Morgan fingerprint density at radius 3 is 1.97 bits per heavy atom. The van der Waals surface area contributed by atoms with Crippen molar-refractivity contribution in [3.05, 3.63) is 58.2 Å². The van der Waals surface area contributed by atoms with Crippen molar-refractivity contribution in [1.82, 2.24) is 21.3 Å². The topological polar surface area (TPSA) is 253 Å². The maximum atomic E-state index is 15.1. The Hall–Kier alpha value is -6.12. The van der Waals surface area contributed by atoms with Gasteiger partial charge in [-0.05, 0) is 64.9 Å². The summed E-state index contributed by atoms with van der Waals surface area (Å²) in [4.78, 5) is 106. The number of ether oxygens (including phenoxy) is 3. The third-order valence-electron chi connectivity index (χ3n) is 11.3. The van der Waals surface area contributed by atoms with Gasteiger partial charge in [0.05, 0.1) is 56.0 Å². The highest BCUT2D eigenvalue weighted by Crippen LogP contribution is 2.40. The van der Waals surface area contributed by atoms with Crippen LogP contribution in [0.2, 0.25) is 0 Å². The lowest BCUT2D eigenvalue weighted by Crippen LogP contribution is -2.53. The van der Waals surface area contributed by atoms with E-state index in [-0.39, 0.29) is 42.7 Å². The predicted octanol–water partition coefficient (Wildman–Crippen LogP) is 4.33. The van der Waals surface area contributed by atoms with E-state index in [9.17, 15) is 61.7 Å². The van der Waals surface area contributed by atoms with Gasteiger partial charge in [-0.1, -0.05) is 44.7 Å². The third kappa shape index (κ3) is 12.4. The van der Waals surface area contributed by atoms with Crippen molar-refractivity contribution in [2.24, 2.45) is 17.8 Å². The van der Waals surface area contributed by atoms with Crippen LogP contribution in [0, 0.1) is 41.0 Å². The number of nitrogens with one attached hydrogen (secondary N) is 4. The molecule has 21 heteroatoms. The van der Waals surface area contributed by atoms with Gasteiger partial charge in [0.15, 0.2) is 46.6 Å². The van der Waals surface area contributed by atoms with Crippen LogP contribution in [0.15, 0.2) is 18.2 Å². The fourth-order valence-corrected chi connectivity index (χ4v) is 8.44. The fourth-order valence-electron chi connectivity index (χ4n) is 8.44. The standard InChI is InChI=1S/C44H54F4N4O13/c1-7-12-25(37(55)41(58)49-19-27(53)51-35(43(61)62)22-15-11-16-26(63-5)38(22)64-6)50-39(56)24-18-21(65-44(2,3)4)17-23(24)36(54)34(20-13-9-8-10-14-20)52-40(57)28-29(42(59)60)31(46)33(48)32(47)30(28)45/h11,15-16,20-21,23-25,34-35H,7-10,12-14,17-19H2,1-6H3,(H,49,58)(H,50,56)(H,51,53)(H,52,57)(H,59,60)(H,61,62)/t21-,23?,24+,25?,34-,35?/m0/s1. The molecule has 6 atom stereocenters. The largest absolute Gasteiger partial charge is 0.493 e. The smallest absolute Gasteiger partial charge is 0.339 e. The van der Waals surface area contributed by atoms with Crippen molar-refractivity contribution in [2.75, 3.05) is 20.8 Å². The summed E-state index contributed by atoms with van der Waals surface area (Å²) in [5, 5.41) is 28.7. The second-order valence-electron chi connectivity index (χ2n) is 16.9. The van der Waals surface area contributed by atoms with Crippen LogP contribution in [0.5, 0.6) is 11.5 Å². The van der Waals surface area contributed by atoms with Gasteiger partial charge in [0.2, 0.25) is 17.6 Å². The number of hydrogen-bond donors (Lipinski definition) is 6. The van der Waals surface area contributed by atoms with Crippen molar-refractivity contribution >= 4 is 47.1 Å². The molecule has 0 aliphatic heterocycles. The van der Waals surface area contributed by atoms with Crippen LogP contribution in [0.25, 0.3) is 0 Å². The SMILES string of the molecule is CCCC(NC(=O)[C@@H]1C[C@@H](OC(C)(C)C)CC1C(=O)[C@@H](NC(=O)c1c(F)c(F)c(F)c(F)c1C(=O)O)C1CCCCC1)C(=O)C(=O)NCC(=O)NC(C(=O)O)c1cccc(OC)c1OC. The molecule has 2 aliphatic rings. The summed E-state index contributed by atoms with van der Waals surface area (Å²) in [7, 11) is 2.60. The van der Waals surface area contributed by atoms with E-state index in [0.717, 1.165) is 6.42 Å². The van der Waals surface area contributed by atoms with Crippen molar-refractivity contribution in [3.8, 4) is 11.5 Å². The fraction of sp³-hybridized carbons (Fsp3) is 0.545. The average molecular weight is 923 g/mol. The molecular weight excluding hydrogens is 868 g/mol. The van der Waals surface area contributed by atoms with Crippen LogP contribution in [-0.2, 0) is 33.5 Å². The van der Waals surface area contributed by atoms with Crippen LogP contribution in [0.1, 0.15) is 118 Å². The molecule has 2 aromatic rings. The maximum absolute atomic E-state index is 15.1. The Balaban J connectivity index is 1.58. The molecule has 4 rings (SSSR count). The Kier molecular flexibility index (Phi) is 17.6. The maximum Gasteiger partial charge on any atom is 0.339 e. The van der Waals surface area contributed by atoms with Crippen molar-refractivity contribution in [2.45, 2.75) is 115 Å². The number of aliphatic carboxylic acids is 1. The number of aromatic carboxylic acids is 1. The zero-order chi connectivity index (χ0) is 48.5. The molecular formula is C44H54F4N4O13. The van der Waals surface area contributed by atoms with Gasteiger partial charge in [0.25, 0.3) is 11.8 Å². The summed E-state index contributed by atoms with van der Waals surface area (Å²) in [6, 6.07) is -0.363. The predicted molar refractivity (Wildman–Crippen MR) is 220 cm³/mol. The van der Waals surface area contributed by atoms with E-state index in [1.807, 2.05) is 0 Å². The molecule has 0 spiro atoms. The molecule has 6 N–H and O–H groups in total. The number of carbonyl (C=O) groups excluding carboxylic acids is 6. The number of ketones is 2. The van der Waals surface area contributed by atoms with Crippen LogP contribution in [0.4, 0.5) is 17.6 Å². The zero-order valence-corrected chi connectivity index (χ0v) is 36.7. The Morgan fingerprint density at radius 1 is 0.800 bits per heavy atom. The molecule has 17 nitrogen and oxygen atoms in total. The molecule has 2 aliphatic carbocycles. The number of carbonyl (C=O) groups is 8. The minimum Gasteiger partial charge on any atom is -0.493 e. The first-order valence-electron chi connectivity index (χ1n) is 21.0. The summed E-state index contributed by atoms with van der Waals surface area (Å²) in [6.07, 6.45) is 1.76. The number of para-hydroxylation sites is 1. The van der Waals surface area contributed by atoms with E-state index in [4.69, 9.17) is 14.2 Å². The number of Topliss-reactive ketones (excluding diaryl/α,β-unsaturated/α-hetero) is 2. The first-order chi connectivity index (χ1) is 30.6. The van der Waals surface area contributed by atoms with E-state index < -0.39 is 136 Å². The van der Waals surface area contributed by atoms with Crippen molar-refractivity contribution in [1.29, 1.82) is 0 Å². The van der Waals surface area contributed by atoms with Crippen LogP contribution in [-0.4, -0.2) is 102 Å². The van der Waals surface area contributed by atoms with Gasteiger partial charge >= 0.3 is 11.9 Å². The number of carboxylic acids is 2. The zero-order valence-electron chi connectivity index (χ0n) is 36.7. The lowest BCUT2D eigenvalue weighted by molar-refractivity contribution is -0.143. The molecule has 4 amide bonds. The Labute approximate surface area is 371 Å². The molecule has 2 aromatic carbocycles. The van der Waals surface area contributed by atoms with Gasteiger partial charge in [-0.2, -0.15) is 0 Å². The van der Waals surface area contributed by atoms with Gasteiger partial charge in [0, 0.05) is 11.5 Å². The molecule has 0 heterocycles. The third-order valence-corrected chi connectivity index (χ3v) is 11.3. The minimum atomic E-state index is -2.46. The van der Waals surface area contributed by atoms with E-state index in [2.05, 4.69) is 21.3 Å². The summed E-state index contributed by atoms with van der Waals surface area (Å²) in [5.74, 6) is -23.2. The highest BCUT2D eigenvalue weighted by Gasteiger charge is 2.49. The van der Waals surface area contributed by atoms with E-state index >= 15 is 4.39 Å². The molecule has 0 bridgehead atoms. The monoisotopic (exact) mass is 922 g/mol. The minimum absolute atomic E-state index is 0.0204. The second-order valence-corrected chi connectivity index (χ2v) is 16.9. The Bertz CT molecular complexity index is 2180.